The van der Waals surface area contributed by atoms with Gasteiger partial charge in [-0.1, -0.05) is 38.5 Å². The lowest BCUT2D eigenvalue weighted by Gasteiger charge is -2.03. The quantitative estimate of drug-likeness (QED) is 0.276. The summed E-state index contributed by atoms with van der Waals surface area (Å²) >= 11 is 0. The first kappa shape index (κ1) is 15.6. The molecule has 0 rings (SSSR count). The minimum absolute atomic E-state index is 0.413. The van der Waals surface area contributed by atoms with Gasteiger partial charge in [0.25, 0.3) is 0 Å². The van der Waals surface area contributed by atoms with Crippen LogP contribution in [0.3, 0.4) is 0 Å². The summed E-state index contributed by atoms with van der Waals surface area (Å²) in [7, 11) is 1.64. The maximum atomic E-state index is 10.1. The first-order valence-electron chi connectivity index (χ1n) is 6.42. The molecule has 0 aromatic carbocycles. The van der Waals surface area contributed by atoms with E-state index in [0.717, 1.165) is 32.2 Å². The second kappa shape index (κ2) is 14.6. The highest BCUT2D eigenvalue weighted by molar-refractivity contribution is 5.48. The van der Waals surface area contributed by atoms with Crippen molar-refractivity contribution in [3.63, 3.8) is 0 Å². The maximum Gasteiger partial charge on any atom is 0.146 e. The van der Waals surface area contributed by atoms with E-state index in [0.29, 0.717) is 6.79 Å². The summed E-state index contributed by atoms with van der Waals surface area (Å²) < 4.78 is 9.99. The van der Waals surface area contributed by atoms with E-state index in [1.54, 1.807) is 7.11 Å². The molecule has 0 aromatic heterocycles. The van der Waals surface area contributed by atoms with Crippen LogP contribution in [0.15, 0.2) is 0 Å². The van der Waals surface area contributed by atoms with Crippen LogP contribution in [-0.4, -0.2) is 26.8 Å². The Labute approximate surface area is 99.5 Å². The minimum Gasteiger partial charge on any atom is -0.359 e. The van der Waals surface area contributed by atoms with Gasteiger partial charge in [0.15, 0.2) is 0 Å². The fourth-order valence-corrected chi connectivity index (χ4v) is 1.63. The fraction of sp³-hybridized carbons (Fsp3) is 0.923. The van der Waals surface area contributed by atoms with Gasteiger partial charge in [-0.25, -0.2) is 0 Å². The van der Waals surface area contributed by atoms with Crippen molar-refractivity contribution in [3.8, 4) is 0 Å². The summed E-state index contributed by atoms with van der Waals surface area (Å²) in [6, 6.07) is 0. The monoisotopic (exact) mass is 230 g/mol. The third-order valence-corrected chi connectivity index (χ3v) is 2.56. The fourth-order valence-electron chi connectivity index (χ4n) is 1.63. The number of hydrogen-bond acceptors (Lipinski definition) is 3. The van der Waals surface area contributed by atoms with E-state index in [2.05, 4.69) is 0 Å². The largest absolute Gasteiger partial charge is 0.359 e. The Morgan fingerprint density at radius 1 is 0.875 bits per heavy atom. The molecule has 0 atom stereocenters. The van der Waals surface area contributed by atoms with E-state index in [-0.39, 0.29) is 0 Å². The Hall–Kier alpha value is -0.410. The highest BCUT2D eigenvalue weighted by Crippen LogP contribution is 2.09. The van der Waals surface area contributed by atoms with Crippen LogP contribution in [0.1, 0.15) is 57.8 Å². The number of methoxy groups -OCH3 is 1. The van der Waals surface area contributed by atoms with Gasteiger partial charge in [-0.2, -0.15) is 0 Å². The van der Waals surface area contributed by atoms with Crippen molar-refractivity contribution in [1.82, 2.24) is 0 Å². The molecule has 96 valence electrons. The Kier molecular flexibility index (Phi) is 14.2. The van der Waals surface area contributed by atoms with Gasteiger partial charge >= 0.3 is 0 Å². The van der Waals surface area contributed by atoms with Crippen LogP contribution in [0.25, 0.3) is 0 Å². The first-order valence-corrected chi connectivity index (χ1v) is 6.42. The van der Waals surface area contributed by atoms with Gasteiger partial charge in [0.1, 0.15) is 13.1 Å². The smallest absolute Gasteiger partial charge is 0.146 e. The summed E-state index contributed by atoms with van der Waals surface area (Å²) in [4.78, 5) is 10.1. The van der Waals surface area contributed by atoms with Crippen molar-refractivity contribution in [3.05, 3.63) is 0 Å². The van der Waals surface area contributed by atoms with Gasteiger partial charge in [0.05, 0.1) is 0 Å². The van der Waals surface area contributed by atoms with Crippen LogP contribution in [0.2, 0.25) is 0 Å². The molecular formula is C13H26O3. The molecule has 0 N–H and O–H groups in total. The molecule has 16 heavy (non-hydrogen) atoms. The highest BCUT2D eigenvalue weighted by Gasteiger charge is 1.92. The molecular weight excluding hydrogens is 204 g/mol. The van der Waals surface area contributed by atoms with Crippen LogP contribution in [0.4, 0.5) is 0 Å². The standard InChI is InChI=1S/C13H26O3/c1-15-13-16-12-10-8-6-4-2-3-5-7-9-11-14/h11H,2-10,12-13H2,1H3. The van der Waals surface area contributed by atoms with Crippen molar-refractivity contribution < 1.29 is 14.3 Å². The zero-order valence-corrected chi connectivity index (χ0v) is 10.6. The number of hydrogen-bond donors (Lipinski definition) is 0. The Morgan fingerprint density at radius 3 is 2.00 bits per heavy atom. The zero-order chi connectivity index (χ0) is 11.9. The SMILES string of the molecule is COCOCCCCCCCCCCC=O. The zero-order valence-electron chi connectivity index (χ0n) is 10.6. The van der Waals surface area contributed by atoms with Gasteiger partial charge in [-0.15, -0.1) is 0 Å². The Morgan fingerprint density at radius 2 is 1.44 bits per heavy atom. The number of unbranched alkanes of at least 4 members (excludes halogenated alkanes) is 8. The second-order valence-corrected chi connectivity index (χ2v) is 4.10. The Balaban J connectivity index is 2.85. The van der Waals surface area contributed by atoms with Crippen LogP contribution < -0.4 is 0 Å². The lowest BCUT2D eigenvalue weighted by molar-refractivity contribution is -0.107. The van der Waals surface area contributed by atoms with Crippen molar-refractivity contribution in [2.45, 2.75) is 57.8 Å². The minimum atomic E-state index is 0.413. The maximum absolute atomic E-state index is 10.1. The molecule has 0 bridgehead atoms. The normalized spacial score (nSPS) is 10.6. The van der Waals surface area contributed by atoms with Crippen LogP contribution in [-0.2, 0) is 14.3 Å². The predicted molar refractivity (Wildman–Crippen MR) is 65.4 cm³/mol. The molecule has 0 unspecified atom stereocenters. The molecule has 0 saturated heterocycles. The molecule has 0 heterocycles. The third kappa shape index (κ3) is 13.6. The highest BCUT2D eigenvalue weighted by atomic mass is 16.7. The predicted octanol–water partition coefficient (Wildman–Crippen LogP) is 3.32. The van der Waals surface area contributed by atoms with Crippen molar-refractivity contribution in [1.29, 1.82) is 0 Å². The number of carbonyl (C=O) groups is 1. The lowest BCUT2D eigenvalue weighted by atomic mass is 10.1. The van der Waals surface area contributed by atoms with Gasteiger partial charge in [0, 0.05) is 20.1 Å². The van der Waals surface area contributed by atoms with Crippen LogP contribution in [0, 0.1) is 0 Å². The molecule has 3 nitrogen and oxygen atoms in total. The van der Waals surface area contributed by atoms with Crippen molar-refractivity contribution >= 4 is 6.29 Å². The average Bonchev–Trinajstić information content (AvgIpc) is 2.31. The summed E-state index contributed by atoms with van der Waals surface area (Å²) in [5.41, 5.74) is 0. The van der Waals surface area contributed by atoms with Crippen LogP contribution >= 0.6 is 0 Å². The van der Waals surface area contributed by atoms with Gasteiger partial charge in [0.2, 0.25) is 0 Å². The molecule has 3 heteroatoms. The average molecular weight is 230 g/mol. The number of rotatable bonds is 13. The van der Waals surface area contributed by atoms with E-state index in [9.17, 15) is 4.79 Å². The third-order valence-electron chi connectivity index (χ3n) is 2.56. The Bertz CT molecular complexity index is 137. The summed E-state index contributed by atoms with van der Waals surface area (Å²) in [5, 5.41) is 0. The van der Waals surface area contributed by atoms with E-state index in [1.165, 1.54) is 38.5 Å². The van der Waals surface area contributed by atoms with Crippen molar-refractivity contribution in [2.75, 3.05) is 20.5 Å². The molecule has 0 amide bonds. The molecule has 0 saturated carbocycles. The van der Waals surface area contributed by atoms with E-state index in [1.807, 2.05) is 0 Å². The molecule has 0 aliphatic heterocycles. The summed E-state index contributed by atoms with van der Waals surface area (Å²) in [6.07, 6.45) is 11.6. The van der Waals surface area contributed by atoms with Crippen molar-refractivity contribution in [2.24, 2.45) is 0 Å². The van der Waals surface area contributed by atoms with Gasteiger partial charge in [-0.05, 0) is 12.8 Å². The number of ether oxygens (including phenoxy) is 2. The molecule has 0 aliphatic rings. The van der Waals surface area contributed by atoms with E-state index < -0.39 is 0 Å². The summed E-state index contributed by atoms with van der Waals surface area (Å²) in [5.74, 6) is 0. The molecule has 0 aliphatic carbocycles. The van der Waals surface area contributed by atoms with Crippen LogP contribution in [0.5, 0.6) is 0 Å². The lowest BCUT2D eigenvalue weighted by Crippen LogP contribution is -1.98. The molecule has 0 fully saturated rings. The molecule has 0 aromatic rings. The summed E-state index contributed by atoms with van der Waals surface area (Å²) in [6.45, 7) is 1.23. The van der Waals surface area contributed by atoms with E-state index >= 15 is 0 Å². The van der Waals surface area contributed by atoms with Gasteiger partial charge < -0.3 is 14.3 Å². The molecule has 0 radical (unpaired) electrons. The topological polar surface area (TPSA) is 35.5 Å². The number of carbonyl (C=O) groups excluding carboxylic acids is 1. The number of aldehydes is 1. The second-order valence-electron chi connectivity index (χ2n) is 4.10. The van der Waals surface area contributed by atoms with E-state index in [4.69, 9.17) is 9.47 Å². The first-order chi connectivity index (χ1) is 7.91. The van der Waals surface area contributed by atoms with Gasteiger partial charge in [-0.3, -0.25) is 0 Å². The molecule has 0 spiro atoms.